The summed E-state index contributed by atoms with van der Waals surface area (Å²) in [4.78, 5) is 30.3. The zero-order valence-electron chi connectivity index (χ0n) is 22.2. The first-order valence-corrected chi connectivity index (χ1v) is 13.2. The average Bonchev–Trinajstić information content (AvgIpc) is 2.98. The van der Waals surface area contributed by atoms with Gasteiger partial charge >= 0.3 is 5.97 Å². The first-order valence-electron chi connectivity index (χ1n) is 13.2. The van der Waals surface area contributed by atoms with Gasteiger partial charge in [-0.3, -0.25) is 9.69 Å². The van der Waals surface area contributed by atoms with Crippen molar-refractivity contribution in [3.05, 3.63) is 89.5 Å². The monoisotopic (exact) mass is 516 g/mol. The molecule has 0 saturated carbocycles. The van der Waals surface area contributed by atoms with Gasteiger partial charge in [-0.15, -0.1) is 0 Å². The van der Waals surface area contributed by atoms with Crippen molar-refractivity contribution in [3.63, 3.8) is 0 Å². The van der Waals surface area contributed by atoms with Gasteiger partial charge in [0.2, 0.25) is 0 Å². The van der Waals surface area contributed by atoms with E-state index in [9.17, 15) is 9.59 Å². The van der Waals surface area contributed by atoms with Crippen molar-refractivity contribution < 1.29 is 23.8 Å². The Bertz CT molecular complexity index is 1210. The molecule has 1 heterocycles. The number of para-hydroxylation sites is 3. The molecular weight excluding hydrogens is 480 g/mol. The van der Waals surface area contributed by atoms with Crippen LogP contribution < -0.4 is 14.4 Å². The average molecular weight is 517 g/mol. The molecule has 0 aromatic heterocycles. The van der Waals surface area contributed by atoms with Gasteiger partial charge in [0.15, 0.2) is 5.78 Å². The van der Waals surface area contributed by atoms with Gasteiger partial charge in [-0.2, -0.15) is 0 Å². The number of benzene rings is 3. The highest BCUT2D eigenvalue weighted by atomic mass is 16.5. The maximum atomic E-state index is 13.0. The van der Waals surface area contributed by atoms with Crippen LogP contribution in [-0.2, 0) is 11.3 Å². The third-order valence-corrected chi connectivity index (χ3v) is 6.73. The Labute approximate surface area is 224 Å². The minimum atomic E-state index is -0.472. The third kappa shape index (κ3) is 6.92. The fourth-order valence-electron chi connectivity index (χ4n) is 4.63. The van der Waals surface area contributed by atoms with E-state index in [0.29, 0.717) is 24.3 Å². The molecule has 0 unspecified atom stereocenters. The standard InChI is InChI=1S/C31H36N2O5/c1-3-28(34)25-13-9-14-26(30(25)38-23-24-11-5-4-6-12-24)31(35)37-22-10-17-32-18-20-33(21-19-32)27-15-7-8-16-29(27)36-2/h4-9,11-16H,3,10,17-23H2,1-2H3. The van der Waals surface area contributed by atoms with E-state index in [4.69, 9.17) is 14.2 Å². The molecule has 0 atom stereocenters. The topological polar surface area (TPSA) is 68.3 Å². The van der Waals surface area contributed by atoms with Crippen LogP contribution in [0.1, 0.15) is 46.0 Å². The van der Waals surface area contributed by atoms with Crippen LogP contribution in [-0.4, -0.2) is 63.1 Å². The van der Waals surface area contributed by atoms with Crippen LogP contribution in [0.15, 0.2) is 72.8 Å². The number of ketones is 1. The van der Waals surface area contributed by atoms with Gasteiger partial charge in [0, 0.05) is 39.1 Å². The first kappa shape index (κ1) is 27.2. The van der Waals surface area contributed by atoms with Gasteiger partial charge in [0.25, 0.3) is 0 Å². The van der Waals surface area contributed by atoms with Gasteiger partial charge in [-0.05, 0) is 36.2 Å². The van der Waals surface area contributed by atoms with Crippen molar-refractivity contribution >= 4 is 17.4 Å². The number of nitrogens with zero attached hydrogens (tertiary/aromatic N) is 2. The van der Waals surface area contributed by atoms with Gasteiger partial charge in [0.05, 0.1) is 25.0 Å². The van der Waals surface area contributed by atoms with E-state index >= 15 is 0 Å². The number of anilines is 1. The van der Waals surface area contributed by atoms with Crippen LogP contribution in [0, 0.1) is 0 Å². The minimum absolute atomic E-state index is 0.0741. The molecular formula is C31H36N2O5. The molecule has 0 N–H and O–H groups in total. The van der Waals surface area contributed by atoms with Gasteiger partial charge in [-0.1, -0.05) is 55.5 Å². The molecule has 7 heteroatoms. The zero-order chi connectivity index (χ0) is 26.7. The number of carbonyl (C=O) groups excluding carboxylic acids is 2. The van der Waals surface area contributed by atoms with E-state index in [1.54, 1.807) is 32.2 Å². The third-order valence-electron chi connectivity index (χ3n) is 6.73. The number of esters is 1. The fourth-order valence-corrected chi connectivity index (χ4v) is 4.63. The lowest BCUT2D eigenvalue weighted by Crippen LogP contribution is -2.46. The predicted octanol–water partition coefficient (Wildman–Crippen LogP) is 5.24. The predicted molar refractivity (Wildman–Crippen MR) is 148 cm³/mol. The highest BCUT2D eigenvalue weighted by Crippen LogP contribution is 2.29. The number of hydrogen-bond donors (Lipinski definition) is 0. The van der Waals surface area contributed by atoms with Gasteiger partial charge in [-0.25, -0.2) is 4.79 Å². The zero-order valence-corrected chi connectivity index (χ0v) is 22.2. The Kier molecular flexibility index (Phi) is 9.76. The molecule has 0 bridgehead atoms. The molecule has 4 rings (SSSR count). The molecule has 38 heavy (non-hydrogen) atoms. The summed E-state index contributed by atoms with van der Waals surface area (Å²) in [7, 11) is 1.70. The minimum Gasteiger partial charge on any atom is -0.495 e. The molecule has 1 saturated heterocycles. The normalized spacial score (nSPS) is 13.7. The Balaban J connectivity index is 1.29. The second-order valence-electron chi connectivity index (χ2n) is 9.22. The van der Waals surface area contributed by atoms with E-state index in [2.05, 4.69) is 15.9 Å². The van der Waals surface area contributed by atoms with E-state index in [1.165, 1.54) is 0 Å². The quantitative estimate of drug-likeness (QED) is 0.185. The maximum Gasteiger partial charge on any atom is 0.341 e. The number of carbonyl (C=O) groups is 2. The number of Topliss-reactive ketones (excluding diaryl/α,β-unsaturated/α-hetero) is 1. The van der Waals surface area contributed by atoms with Crippen molar-refractivity contribution in [2.45, 2.75) is 26.4 Å². The molecule has 1 fully saturated rings. The second-order valence-corrected chi connectivity index (χ2v) is 9.22. The first-order chi connectivity index (χ1) is 18.6. The van der Waals surface area contributed by atoms with Crippen LogP contribution in [0.2, 0.25) is 0 Å². The lowest BCUT2D eigenvalue weighted by molar-refractivity contribution is 0.0482. The van der Waals surface area contributed by atoms with Crippen molar-refractivity contribution in [2.75, 3.05) is 51.3 Å². The van der Waals surface area contributed by atoms with Crippen molar-refractivity contribution in [3.8, 4) is 11.5 Å². The molecule has 0 aliphatic carbocycles. The number of methoxy groups -OCH3 is 1. The number of ether oxygens (including phenoxy) is 3. The van der Waals surface area contributed by atoms with Crippen LogP contribution in [0.4, 0.5) is 5.69 Å². The SMILES string of the molecule is CCC(=O)c1cccc(C(=O)OCCCN2CCN(c3ccccc3OC)CC2)c1OCc1ccccc1. The van der Waals surface area contributed by atoms with Crippen LogP contribution in [0.25, 0.3) is 0 Å². The summed E-state index contributed by atoms with van der Waals surface area (Å²) in [6.07, 6.45) is 1.05. The van der Waals surface area contributed by atoms with Gasteiger partial charge in [0.1, 0.15) is 23.7 Å². The summed E-state index contributed by atoms with van der Waals surface area (Å²) in [6.45, 7) is 6.91. The van der Waals surface area contributed by atoms with Crippen LogP contribution in [0.3, 0.4) is 0 Å². The Hall–Kier alpha value is -3.84. The van der Waals surface area contributed by atoms with Crippen molar-refractivity contribution in [1.29, 1.82) is 0 Å². The van der Waals surface area contributed by atoms with Crippen molar-refractivity contribution in [1.82, 2.24) is 4.90 Å². The smallest absolute Gasteiger partial charge is 0.341 e. The number of rotatable bonds is 12. The Morgan fingerprint density at radius 3 is 2.29 bits per heavy atom. The summed E-state index contributed by atoms with van der Waals surface area (Å²) >= 11 is 0. The Morgan fingerprint density at radius 1 is 0.842 bits per heavy atom. The summed E-state index contributed by atoms with van der Waals surface area (Å²) in [5.41, 5.74) is 2.77. The van der Waals surface area contributed by atoms with E-state index in [1.807, 2.05) is 48.5 Å². The molecule has 0 amide bonds. The lowest BCUT2D eigenvalue weighted by atomic mass is 10.0. The summed E-state index contributed by atoms with van der Waals surface area (Å²) in [5.74, 6) is 0.639. The van der Waals surface area contributed by atoms with E-state index in [-0.39, 0.29) is 18.0 Å². The van der Waals surface area contributed by atoms with Gasteiger partial charge < -0.3 is 19.1 Å². The highest BCUT2D eigenvalue weighted by Gasteiger charge is 2.22. The second kappa shape index (κ2) is 13.6. The molecule has 3 aromatic carbocycles. The molecule has 0 spiro atoms. The molecule has 200 valence electrons. The molecule has 7 nitrogen and oxygen atoms in total. The Morgan fingerprint density at radius 2 is 1.55 bits per heavy atom. The van der Waals surface area contributed by atoms with E-state index in [0.717, 1.165) is 56.1 Å². The summed E-state index contributed by atoms with van der Waals surface area (Å²) in [5, 5.41) is 0. The lowest BCUT2D eigenvalue weighted by Gasteiger charge is -2.36. The largest absolute Gasteiger partial charge is 0.495 e. The molecule has 1 aliphatic rings. The molecule has 1 aliphatic heterocycles. The summed E-state index contributed by atoms with van der Waals surface area (Å²) in [6, 6.07) is 22.8. The molecule has 3 aromatic rings. The summed E-state index contributed by atoms with van der Waals surface area (Å²) < 4.78 is 17.1. The fraction of sp³-hybridized carbons (Fsp3) is 0.355. The molecule has 0 radical (unpaired) electrons. The maximum absolute atomic E-state index is 13.0. The number of piperazine rings is 1. The highest BCUT2D eigenvalue weighted by molar-refractivity contribution is 6.03. The van der Waals surface area contributed by atoms with Crippen LogP contribution >= 0.6 is 0 Å². The van der Waals surface area contributed by atoms with Crippen molar-refractivity contribution in [2.24, 2.45) is 0 Å². The van der Waals surface area contributed by atoms with E-state index < -0.39 is 5.97 Å². The van der Waals surface area contributed by atoms with Crippen LogP contribution in [0.5, 0.6) is 11.5 Å². The number of hydrogen-bond acceptors (Lipinski definition) is 7.